The maximum absolute atomic E-state index is 5.33. The fourth-order valence-electron chi connectivity index (χ4n) is 19.0. The van der Waals surface area contributed by atoms with Gasteiger partial charge in [0, 0.05) is 138 Å². The zero-order valence-corrected chi connectivity index (χ0v) is 73.8. The van der Waals surface area contributed by atoms with E-state index >= 15 is 0 Å². The number of thiophene rings is 3. The molecule has 12 heteroatoms. The van der Waals surface area contributed by atoms with Crippen molar-refractivity contribution < 1.29 is 0 Å². The quantitative estimate of drug-likeness (QED) is 0.117. The minimum atomic E-state index is 0.626. The smallest absolute Gasteiger partial charge is 0.164 e. The maximum atomic E-state index is 5.33. The van der Waals surface area contributed by atoms with Crippen LogP contribution >= 0.6 is 34.0 Å². The van der Waals surface area contributed by atoms with E-state index in [1.165, 1.54) is 120 Å². The van der Waals surface area contributed by atoms with Crippen LogP contribution in [0.1, 0.15) is 0 Å². The highest BCUT2D eigenvalue weighted by atomic mass is 32.1. The van der Waals surface area contributed by atoms with Crippen LogP contribution in [0.2, 0.25) is 0 Å². The number of hydrogen-bond acceptors (Lipinski definition) is 12. The first-order chi connectivity index (χ1) is 65.9. The number of fused-ring (bicyclic) bond motifs is 22. The van der Waals surface area contributed by atoms with Crippen molar-refractivity contribution >= 4 is 170 Å². The fraction of sp³-hybridized carbons (Fsp3) is 0. The van der Waals surface area contributed by atoms with Gasteiger partial charge in [-0.05, 0) is 133 Å². The predicted molar refractivity (Wildman–Crippen MR) is 560 cm³/mol. The van der Waals surface area contributed by atoms with Crippen molar-refractivity contribution in [1.29, 1.82) is 0 Å². The van der Waals surface area contributed by atoms with Crippen LogP contribution in [0.5, 0.6) is 0 Å². The highest BCUT2D eigenvalue weighted by molar-refractivity contribution is 7.27. The third kappa shape index (κ3) is 14.4. The van der Waals surface area contributed by atoms with Gasteiger partial charge in [0.2, 0.25) is 0 Å². The Morgan fingerprint density at radius 2 is 0.474 bits per heavy atom. The monoisotopic (exact) mass is 1750 g/mol. The Morgan fingerprint density at radius 3 is 0.970 bits per heavy atom. The summed E-state index contributed by atoms with van der Waals surface area (Å²) in [5.74, 6) is 3.84. The van der Waals surface area contributed by atoms with Crippen LogP contribution in [0, 0.1) is 0 Å². The SMILES string of the molecule is c1ccc(-c2cc(-c3ccccc3)nc(-c3cc4ccc5sc6ccccc6c5c4c4ccccc34)c2)cc1.c1ccc(-c2nc(-c3ccc(-c4nc5ccc6sc7ccccc7c6c5c5ccccc45)cc3)nc(-c3ccc4ccccc4c3)n2)cc1.c1ccc(-c2nc(-c3ccccc3)nc(-c3cccc(-c4nc5ccc6sc7ccccc7c6c5c5ccccc45)c3)n2)cc1. The molecule has 0 spiro atoms. The summed E-state index contributed by atoms with van der Waals surface area (Å²) in [6.45, 7) is 0. The van der Waals surface area contributed by atoms with Crippen LogP contribution in [0.4, 0.5) is 0 Å². The Balaban J connectivity index is 0.000000108. The van der Waals surface area contributed by atoms with Crippen molar-refractivity contribution in [3.63, 3.8) is 0 Å². The molecule has 27 aromatic rings. The van der Waals surface area contributed by atoms with Crippen molar-refractivity contribution in [3.05, 3.63) is 443 Å². The van der Waals surface area contributed by atoms with Gasteiger partial charge in [-0.2, -0.15) is 0 Å². The first kappa shape index (κ1) is 78.4. The molecule has 133 heavy (non-hydrogen) atoms. The standard InChI is InChI=1S/C44H26N4S.C40H24N4S.C37H23NS/c1-2-11-29(12-3-1)42-46-43(48-44(47-42)32-23-18-27-10-4-5-13-31(27)26-32)30-21-19-28(20-22-30)41-34-15-7-6-14-33(34)39-36(45-41)24-25-38-40(39)35-16-8-9-17-37(35)49-38;1-3-12-25(13-4-1)38-42-39(26-14-5-2-6-15-26)44-40(43-38)28-17-11-16-27(24-28)37-30-19-8-7-18-29(30)35-32(41-37)22-23-34-36(35)31-20-9-10-21-33(31)45-34;1-3-11-24(12-4-1)27-22-32(25-13-5-2-6-14-25)38-33(23-27)31-21-26-19-20-35-37(30-17-9-10-18-34(30)39-35)36(26)29-16-8-7-15-28(29)31/h1-26H;1-24H;1-23H. The normalized spacial score (nSPS) is 11.6. The number of aromatic nitrogens is 9. The largest absolute Gasteiger partial charge is 0.248 e. The molecule has 8 aromatic heterocycles. The lowest BCUT2D eigenvalue weighted by Crippen LogP contribution is -2.00. The predicted octanol–water partition coefficient (Wildman–Crippen LogP) is 33.1. The summed E-state index contributed by atoms with van der Waals surface area (Å²) in [5, 5.41) is 22.3. The van der Waals surface area contributed by atoms with E-state index in [9.17, 15) is 0 Å². The van der Waals surface area contributed by atoms with Crippen molar-refractivity contribution in [2.45, 2.75) is 0 Å². The van der Waals surface area contributed by atoms with E-state index in [0.29, 0.717) is 34.9 Å². The summed E-state index contributed by atoms with van der Waals surface area (Å²) in [4.78, 5) is 45.6. The van der Waals surface area contributed by atoms with Crippen molar-refractivity contribution in [1.82, 2.24) is 44.9 Å². The Labute approximate surface area is 776 Å². The molecule has 0 aliphatic carbocycles. The van der Waals surface area contributed by atoms with Crippen LogP contribution in [0.25, 0.3) is 261 Å². The summed E-state index contributed by atoms with van der Waals surface area (Å²) >= 11 is 5.55. The number of benzene rings is 19. The highest BCUT2D eigenvalue weighted by Gasteiger charge is 2.24. The summed E-state index contributed by atoms with van der Waals surface area (Å²) in [6, 6.07) is 155. The molecule has 0 atom stereocenters. The van der Waals surface area contributed by atoms with E-state index in [0.717, 1.165) is 106 Å². The molecule has 0 saturated carbocycles. The van der Waals surface area contributed by atoms with Gasteiger partial charge in [0.1, 0.15) is 0 Å². The molecule has 0 aliphatic heterocycles. The maximum Gasteiger partial charge on any atom is 0.164 e. The fourth-order valence-corrected chi connectivity index (χ4v) is 22.3. The van der Waals surface area contributed by atoms with E-state index in [1.54, 1.807) is 0 Å². The number of hydrogen-bond donors (Lipinski definition) is 0. The van der Waals surface area contributed by atoms with Gasteiger partial charge in [0.05, 0.1) is 33.8 Å². The average Bonchev–Trinajstić information content (AvgIpc) is 1.66. The molecule has 0 unspecified atom stereocenters. The van der Waals surface area contributed by atoms with Gasteiger partial charge in [0.25, 0.3) is 0 Å². The van der Waals surface area contributed by atoms with Gasteiger partial charge in [0.15, 0.2) is 34.9 Å². The van der Waals surface area contributed by atoms with Gasteiger partial charge in [-0.3, -0.25) is 0 Å². The third-order valence-electron chi connectivity index (χ3n) is 25.2. The first-order valence-electron chi connectivity index (χ1n) is 44.4. The van der Waals surface area contributed by atoms with Crippen LogP contribution in [-0.2, 0) is 0 Å². The lowest BCUT2D eigenvalue weighted by molar-refractivity contribution is 1.07. The van der Waals surface area contributed by atoms with E-state index in [2.05, 4.69) is 352 Å². The molecule has 27 rings (SSSR count). The molecule has 0 radical (unpaired) electrons. The first-order valence-corrected chi connectivity index (χ1v) is 46.9. The van der Waals surface area contributed by atoms with Gasteiger partial charge in [-0.1, -0.05) is 364 Å². The van der Waals surface area contributed by atoms with Crippen LogP contribution in [-0.4, -0.2) is 44.9 Å². The molecule has 0 saturated heterocycles. The number of rotatable bonds is 11. The Hall–Kier alpha value is -16.9. The summed E-state index contributed by atoms with van der Waals surface area (Å²) in [5.41, 5.74) is 18.2. The molecule has 0 fully saturated rings. The Morgan fingerprint density at radius 1 is 0.143 bits per heavy atom. The molecule has 8 heterocycles. The highest BCUT2D eigenvalue weighted by Crippen LogP contribution is 2.49. The molecular formula is C121H73N9S3. The molecule has 19 aromatic carbocycles. The van der Waals surface area contributed by atoms with Crippen LogP contribution in [0.3, 0.4) is 0 Å². The van der Waals surface area contributed by atoms with E-state index < -0.39 is 0 Å². The van der Waals surface area contributed by atoms with Gasteiger partial charge in [-0.15, -0.1) is 34.0 Å². The molecule has 9 nitrogen and oxygen atoms in total. The average molecular weight is 1750 g/mol. The van der Waals surface area contributed by atoms with Crippen molar-refractivity contribution in [2.75, 3.05) is 0 Å². The summed E-state index contributed by atoms with van der Waals surface area (Å²) < 4.78 is 7.82. The second kappa shape index (κ2) is 33.3. The van der Waals surface area contributed by atoms with E-state index in [-0.39, 0.29) is 0 Å². The van der Waals surface area contributed by atoms with E-state index in [1.807, 2.05) is 125 Å². The lowest BCUT2D eigenvalue weighted by atomic mass is 9.92. The zero-order chi connectivity index (χ0) is 87.8. The molecule has 0 amide bonds. The number of pyridine rings is 3. The van der Waals surface area contributed by atoms with Crippen molar-refractivity contribution in [2.24, 2.45) is 0 Å². The van der Waals surface area contributed by atoms with Crippen molar-refractivity contribution in [3.8, 4) is 124 Å². The molecule has 620 valence electrons. The lowest BCUT2D eigenvalue weighted by Gasteiger charge is -2.14. The van der Waals surface area contributed by atoms with Gasteiger partial charge >= 0.3 is 0 Å². The van der Waals surface area contributed by atoms with E-state index in [4.69, 9.17) is 44.9 Å². The zero-order valence-electron chi connectivity index (χ0n) is 71.4. The molecule has 0 bridgehead atoms. The summed E-state index contributed by atoms with van der Waals surface area (Å²) in [6.07, 6.45) is 0. The summed E-state index contributed by atoms with van der Waals surface area (Å²) in [7, 11) is 0. The van der Waals surface area contributed by atoms with Crippen LogP contribution in [0.15, 0.2) is 443 Å². The van der Waals surface area contributed by atoms with Gasteiger partial charge < -0.3 is 0 Å². The minimum absolute atomic E-state index is 0.626. The molecule has 0 N–H and O–H groups in total. The topological polar surface area (TPSA) is 116 Å². The Kier molecular flexibility index (Phi) is 19.6. The van der Waals surface area contributed by atoms with Crippen LogP contribution < -0.4 is 0 Å². The minimum Gasteiger partial charge on any atom is -0.248 e. The number of nitrogens with zero attached hydrogens (tertiary/aromatic N) is 9. The second-order valence-corrected chi connectivity index (χ2v) is 36.5. The Bertz CT molecular complexity index is 9160. The second-order valence-electron chi connectivity index (χ2n) is 33.3. The third-order valence-corrected chi connectivity index (χ3v) is 28.6. The molecule has 0 aliphatic rings. The van der Waals surface area contributed by atoms with Gasteiger partial charge in [-0.25, -0.2) is 44.9 Å². The molecular weight excluding hydrogens is 1680 g/mol.